The first kappa shape index (κ1) is 10.7. The van der Waals surface area contributed by atoms with Gasteiger partial charge in [0.05, 0.1) is 11.6 Å². The molecule has 0 radical (unpaired) electrons. The van der Waals surface area contributed by atoms with Crippen molar-refractivity contribution in [2.75, 3.05) is 7.11 Å². The molecule has 1 aromatic carbocycles. The number of hydrogen-bond acceptors (Lipinski definition) is 2. The highest BCUT2D eigenvalue weighted by Gasteiger charge is 2.32. The van der Waals surface area contributed by atoms with Gasteiger partial charge in [-0.25, -0.2) is 0 Å². The van der Waals surface area contributed by atoms with E-state index in [1.54, 1.807) is 7.11 Å². The van der Waals surface area contributed by atoms with E-state index in [2.05, 4.69) is 15.9 Å². The molecule has 2 rings (SSSR count). The van der Waals surface area contributed by atoms with Gasteiger partial charge in [-0.1, -0.05) is 6.07 Å². The predicted octanol–water partition coefficient (Wildman–Crippen LogP) is 3.15. The molecule has 1 fully saturated rings. The third-order valence-corrected chi connectivity index (χ3v) is 3.46. The predicted molar refractivity (Wildman–Crippen MR) is 62.2 cm³/mol. The molecule has 0 aromatic heterocycles. The van der Waals surface area contributed by atoms with Gasteiger partial charge in [0, 0.05) is 5.92 Å². The van der Waals surface area contributed by atoms with E-state index in [1.807, 2.05) is 18.2 Å². The molecule has 0 bridgehead atoms. The zero-order chi connectivity index (χ0) is 10.8. The number of benzene rings is 1. The van der Waals surface area contributed by atoms with Crippen molar-refractivity contribution in [3.05, 3.63) is 28.2 Å². The highest BCUT2D eigenvalue weighted by atomic mass is 79.9. The fourth-order valence-corrected chi connectivity index (χ4v) is 2.37. The second kappa shape index (κ2) is 4.35. The van der Waals surface area contributed by atoms with Crippen molar-refractivity contribution in [2.24, 2.45) is 5.92 Å². The van der Waals surface area contributed by atoms with E-state index in [-0.39, 0.29) is 5.92 Å². The minimum absolute atomic E-state index is 0.0622. The van der Waals surface area contributed by atoms with Crippen LogP contribution in [-0.4, -0.2) is 13.4 Å². The van der Waals surface area contributed by atoms with E-state index in [9.17, 15) is 4.79 Å². The standard InChI is InChI=1S/C12H13BrO2/c1-15-12-5-4-9(6-11(12)13)10(7-14)8-2-3-8/h4-8,10H,2-3H2,1H3. The minimum Gasteiger partial charge on any atom is -0.496 e. The van der Waals surface area contributed by atoms with Gasteiger partial charge < -0.3 is 9.53 Å². The molecule has 15 heavy (non-hydrogen) atoms. The lowest BCUT2D eigenvalue weighted by molar-refractivity contribution is -0.109. The van der Waals surface area contributed by atoms with Crippen molar-refractivity contribution in [1.29, 1.82) is 0 Å². The largest absolute Gasteiger partial charge is 0.496 e. The van der Waals surface area contributed by atoms with E-state index in [4.69, 9.17) is 4.74 Å². The Morgan fingerprint density at radius 3 is 2.73 bits per heavy atom. The number of methoxy groups -OCH3 is 1. The lowest BCUT2D eigenvalue weighted by Gasteiger charge is -2.11. The zero-order valence-electron chi connectivity index (χ0n) is 8.57. The van der Waals surface area contributed by atoms with Crippen LogP contribution in [0.15, 0.2) is 22.7 Å². The number of carbonyl (C=O) groups excluding carboxylic acids is 1. The van der Waals surface area contributed by atoms with Crippen LogP contribution in [0.5, 0.6) is 5.75 Å². The molecule has 1 aromatic rings. The first-order valence-corrected chi connectivity index (χ1v) is 5.84. The molecule has 0 amide bonds. The number of hydrogen-bond donors (Lipinski definition) is 0. The normalized spacial score (nSPS) is 17.2. The summed E-state index contributed by atoms with van der Waals surface area (Å²) < 4.78 is 6.07. The van der Waals surface area contributed by atoms with Gasteiger partial charge in [-0.2, -0.15) is 0 Å². The van der Waals surface area contributed by atoms with Gasteiger partial charge in [-0.15, -0.1) is 0 Å². The SMILES string of the molecule is COc1ccc(C(C=O)C2CC2)cc1Br. The van der Waals surface area contributed by atoms with Crippen LogP contribution in [0.25, 0.3) is 0 Å². The average molecular weight is 269 g/mol. The first-order valence-electron chi connectivity index (χ1n) is 5.05. The monoisotopic (exact) mass is 268 g/mol. The summed E-state index contributed by atoms with van der Waals surface area (Å²) in [4.78, 5) is 11.0. The van der Waals surface area contributed by atoms with Gasteiger partial charge in [0.25, 0.3) is 0 Å². The Bertz CT molecular complexity index is 372. The molecule has 0 spiro atoms. The Morgan fingerprint density at radius 2 is 2.27 bits per heavy atom. The number of halogens is 1. The van der Waals surface area contributed by atoms with Crippen molar-refractivity contribution in [3.8, 4) is 5.75 Å². The maximum Gasteiger partial charge on any atom is 0.133 e. The van der Waals surface area contributed by atoms with Crippen molar-refractivity contribution in [2.45, 2.75) is 18.8 Å². The molecular weight excluding hydrogens is 256 g/mol. The van der Waals surface area contributed by atoms with Gasteiger partial charge in [0.15, 0.2) is 0 Å². The summed E-state index contributed by atoms with van der Waals surface area (Å²) in [5.74, 6) is 1.43. The molecule has 2 nitrogen and oxygen atoms in total. The Morgan fingerprint density at radius 1 is 1.53 bits per heavy atom. The number of carbonyl (C=O) groups is 1. The van der Waals surface area contributed by atoms with E-state index in [0.29, 0.717) is 5.92 Å². The smallest absolute Gasteiger partial charge is 0.133 e. The minimum atomic E-state index is 0.0622. The summed E-state index contributed by atoms with van der Waals surface area (Å²) in [5.41, 5.74) is 1.08. The Balaban J connectivity index is 2.27. The van der Waals surface area contributed by atoms with Crippen molar-refractivity contribution in [3.63, 3.8) is 0 Å². The van der Waals surface area contributed by atoms with E-state index in [0.717, 1.165) is 22.1 Å². The Hall–Kier alpha value is -0.830. The number of ether oxygens (including phenoxy) is 1. The van der Waals surface area contributed by atoms with E-state index in [1.165, 1.54) is 12.8 Å². The Kier molecular flexibility index (Phi) is 3.10. The summed E-state index contributed by atoms with van der Waals surface area (Å²) in [6.07, 6.45) is 3.41. The molecule has 1 unspecified atom stereocenters. The molecule has 0 aliphatic heterocycles. The van der Waals surface area contributed by atoms with Crippen LogP contribution in [0.3, 0.4) is 0 Å². The Labute approximate surface area is 97.8 Å². The lowest BCUT2D eigenvalue weighted by Crippen LogP contribution is -2.02. The van der Waals surface area contributed by atoms with Crippen LogP contribution in [0.2, 0.25) is 0 Å². The summed E-state index contributed by atoms with van der Waals surface area (Å²) in [5, 5.41) is 0. The van der Waals surface area contributed by atoms with Crippen LogP contribution >= 0.6 is 15.9 Å². The van der Waals surface area contributed by atoms with Crippen molar-refractivity contribution < 1.29 is 9.53 Å². The quantitative estimate of drug-likeness (QED) is 0.785. The molecule has 0 saturated heterocycles. The van der Waals surface area contributed by atoms with Gasteiger partial charge in [-0.05, 0) is 52.4 Å². The van der Waals surface area contributed by atoms with E-state index >= 15 is 0 Å². The first-order chi connectivity index (χ1) is 7.26. The maximum absolute atomic E-state index is 11.0. The third kappa shape index (κ3) is 2.23. The molecule has 0 N–H and O–H groups in total. The summed E-state index contributed by atoms with van der Waals surface area (Å²) in [7, 11) is 1.64. The van der Waals surface area contributed by atoms with Crippen LogP contribution in [0, 0.1) is 5.92 Å². The van der Waals surface area contributed by atoms with Crippen LogP contribution in [0.1, 0.15) is 24.3 Å². The number of rotatable bonds is 4. The molecule has 1 saturated carbocycles. The zero-order valence-corrected chi connectivity index (χ0v) is 10.2. The topological polar surface area (TPSA) is 26.3 Å². The molecular formula is C12H13BrO2. The second-order valence-corrected chi connectivity index (χ2v) is 4.75. The van der Waals surface area contributed by atoms with Gasteiger partial charge in [0.1, 0.15) is 12.0 Å². The summed E-state index contributed by atoms with van der Waals surface area (Å²) in [6, 6.07) is 5.86. The fraction of sp³-hybridized carbons (Fsp3) is 0.417. The lowest BCUT2D eigenvalue weighted by atomic mass is 9.96. The molecule has 1 aliphatic rings. The molecule has 1 aliphatic carbocycles. The van der Waals surface area contributed by atoms with Gasteiger partial charge in [0.2, 0.25) is 0 Å². The van der Waals surface area contributed by atoms with Crippen molar-refractivity contribution >= 4 is 22.2 Å². The molecule has 0 heterocycles. The van der Waals surface area contributed by atoms with Crippen LogP contribution in [-0.2, 0) is 4.79 Å². The van der Waals surface area contributed by atoms with Crippen LogP contribution in [0.4, 0.5) is 0 Å². The van der Waals surface area contributed by atoms with Crippen LogP contribution < -0.4 is 4.74 Å². The van der Waals surface area contributed by atoms with Gasteiger partial charge in [-0.3, -0.25) is 0 Å². The summed E-state index contributed by atoms with van der Waals surface area (Å²) >= 11 is 3.43. The highest BCUT2D eigenvalue weighted by Crippen LogP contribution is 2.42. The second-order valence-electron chi connectivity index (χ2n) is 3.89. The van der Waals surface area contributed by atoms with Crippen molar-refractivity contribution in [1.82, 2.24) is 0 Å². The summed E-state index contributed by atoms with van der Waals surface area (Å²) in [6.45, 7) is 0. The average Bonchev–Trinajstić information content (AvgIpc) is 3.03. The highest BCUT2D eigenvalue weighted by molar-refractivity contribution is 9.10. The maximum atomic E-state index is 11.0. The number of aldehydes is 1. The third-order valence-electron chi connectivity index (χ3n) is 2.84. The molecule has 1 atom stereocenters. The molecule has 3 heteroatoms. The fourth-order valence-electron chi connectivity index (χ4n) is 1.81. The van der Waals surface area contributed by atoms with Gasteiger partial charge >= 0.3 is 0 Å². The van der Waals surface area contributed by atoms with E-state index < -0.39 is 0 Å². The molecule has 80 valence electrons.